The Bertz CT molecular complexity index is 1200. The van der Waals surface area contributed by atoms with Crippen LogP contribution in [0, 0.1) is 56.7 Å². The summed E-state index contributed by atoms with van der Waals surface area (Å²) in [6, 6.07) is 10.4. The number of benzene rings is 1. The molecule has 0 amide bonds. The van der Waals surface area contributed by atoms with Crippen molar-refractivity contribution in [1.29, 1.82) is 0 Å². The topological polar surface area (TPSA) is 89.8 Å². The molecule has 11 atom stereocenters. The lowest BCUT2D eigenvalue weighted by Gasteiger charge is -2.72. The van der Waals surface area contributed by atoms with Crippen molar-refractivity contribution < 1.29 is 20.1 Å². The van der Waals surface area contributed by atoms with Gasteiger partial charge in [-0.3, -0.25) is 4.79 Å². The monoisotopic (exact) mass is 577 g/mol. The van der Waals surface area contributed by atoms with E-state index in [0.717, 1.165) is 77.3 Å². The number of hydrogen-bond donors (Lipinski definition) is 4. The van der Waals surface area contributed by atoms with Crippen molar-refractivity contribution in [3.8, 4) is 0 Å². The highest BCUT2D eigenvalue weighted by Crippen LogP contribution is 2.77. The lowest BCUT2D eigenvalue weighted by molar-refractivity contribution is -0.254. The molecule has 1 unspecified atom stereocenters. The second-order valence-corrected chi connectivity index (χ2v) is 16.3. The average Bonchev–Trinajstić information content (AvgIpc) is 3.37. The molecule has 5 nitrogen and oxygen atoms in total. The SMILES string of the molecule is C=C(CNCc1ccccc1)[C@@H]1CC[C@]2(C(=O)O)CC[C@]3(C)C(CC[C@@H]4[C@@]5(C)CC[C@H](O)[C@@](C)(CO)[C@@H]5CC[C@]43C)[C@@H]12. The van der Waals surface area contributed by atoms with Crippen LogP contribution >= 0.6 is 0 Å². The van der Waals surface area contributed by atoms with Gasteiger partial charge >= 0.3 is 5.97 Å². The highest BCUT2D eigenvalue weighted by atomic mass is 16.4. The van der Waals surface area contributed by atoms with E-state index in [1.165, 1.54) is 11.1 Å². The summed E-state index contributed by atoms with van der Waals surface area (Å²) in [5.41, 5.74) is 1.63. The minimum atomic E-state index is -0.633. The van der Waals surface area contributed by atoms with Gasteiger partial charge in [0.15, 0.2) is 0 Å². The van der Waals surface area contributed by atoms with Gasteiger partial charge in [-0.1, -0.05) is 70.2 Å². The molecule has 0 heterocycles. The zero-order valence-electron chi connectivity index (χ0n) is 26.5. The van der Waals surface area contributed by atoms with Crippen LogP contribution in [0.1, 0.15) is 97.5 Å². The van der Waals surface area contributed by atoms with Crippen LogP contribution in [0.5, 0.6) is 0 Å². The van der Waals surface area contributed by atoms with Crippen molar-refractivity contribution in [2.45, 2.75) is 105 Å². The number of aliphatic carboxylic acids is 1. The molecule has 0 aliphatic heterocycles. The summed E-state index contributed by atoms with van der Waals surface area (Å²) in [4.78, 5) is 13.1. The van der Waals surface area contributed by atoms with Gasteiger partial charge < -0.3 is 20.6 Å². The van der Waals surface area contributed by atoms with E-state index in [2.05, 4.69) is 63.9 Å². The van der Waals surface area contributed by atoms with Crippen LogP contribution in [-0.2, 0) is 11.3 Å². The largest absolute Gasteiger partial charge is 0.481 e. The van der Waals surface area contributed by atoms with Crippen LogP contribution in [0.3, 0.4) is 0 Å². The number of aliphatic hydroxyl groups excluding tert-OH is 2. The number of hydrogen-bond acceptors (Lipinski definition) is 4. The van der Waals surface area contributed by atoms with E-state index in [-0.39, 0.29) is 34.7 Å². The van der Waals surface area contributed by atoms with Crippen molar-refractivity contribution in [3.05, 3.63) is 48.0 Å². The molecule has 0 bridgehead atoms. The van der Waals surface area contributed by atoms with Crippen molar-refractivity contribution in [3.63, 3.8) is 0 Å². The predicted octanol–water partition coefficient (Wildman–Crippen LogP) is 6.83. The van der Waals surface area contributed by atoms with E-state index < -0.39 is 22.9 Å². The van der Waals surface area contributed by atoms with Gasteiger partial charge in [0, 0.05) is 18.5 Å². The third kappa shape index (κ3) is 4.08. The van der Waals surface area contributed by atoms with Crippen LogP contribution < -0.4 is 5.32 Å². The maximum absolute atomic E-state index is 13.1. The van der Waals surface area contributed by atoms with Gasteiger partial charge in [-0.25, -0.2) is 0 Å². The Labute approximate surface area is 253 Å². The minimum absolute atomic E-state index is 0.0447. The first kappa shape index (κ1) is 30.3. The first-order chi connectivity index (χ1) is 19.9. The number of carboxylic acids is 1. The third-order valence-electron chi connectivity index (χ3n) is 15.0. The lowest BCUT2D eigenvalue weighted by Crippen LogP contribution is -2.67. The molecule has 0 radical (unpaired) electrons. The Morgan fingerprint density at radius 3 is 2.33 bits per heavy atom. The molecule has 5 heteroatoms. The van der Waals surface area contributed by atoms with E-state index in [1.54, 1.807) is 0 Å². The third-order valence-corrected chi connectivity index (χ3v) is 15.0. The molecule has 42 heavy (non-hydrogen) atoms. The molecule has 5 aliphatic carbocycles. The fourth-order valence-corrected chi connectivity index (χ4v) is 12.5. The quantitative estimate of drug-likeness (QED) is 0.267. The molecule has 5 aliphatic rings. The summed E-state index contributed by atoms with van der Waals surface area (Å²) in [5, 5.41) is 36.0. The summed E-state index contributed by atoms with van der Waals surface area (Å²) >= 11 is 0. The summed E-state index contributed by atoms with van der Waals surface area (Å²) in [7, 11) is 0. The molecule has 5 saturated carbocycles. The number of rotatable bonds is 7. The summed E-state index contributed by atoms with van der Waals surface area (Å²) in [6.45, 7) is 15.9. The van der Waals surface area contributed by atoms with Gasteiger partial charge in [-0.15, -0.1) is 0 Å². The highest BCUT2D eigenvalue weighted by molar-refractivity contribution is 5.76. The lowest BCUT2D eigenvalue weighted by atomic mass is 9.32. The molecule has 5 fully saturated rings. The van der Waals surface area contributed by atoms with Crippen LogP contribution in [-0.4, -0.2) is 40.5 Å². The second-order valence-electron chi connectivity index (χ2n) is 16.3. The van der Waals surface area contributed by atoms with Gasteiger partial charge in [-0.05, 0) is 116 Å². The van der Waals surface area contributed by atoms with Crippen LogP contribution in [0.2, 0.25) is 0 Å². The number of carboxylic acid groups (broad SMARTS) is 1. The van der Waals surface area contributed by atoms with E-state index in [4.69, 9.17) is 0 Å². The van der Waals surface area contributed by atoms with E-state index >= 15 is 0 Å². The number of fused-ring (bicyclic) bond motifs is 7. The molecular formula is C37H55NO4. The molecule has 232 valence electrons. The van der Waals surface area contributed by atoms with Crippen molar-refractivity contribution in [1.82, 2.24) is 5.32 Å². The Morgan fingerprint density at radius 2 is 1.64 bits per heavy atom. The first-order valence-corrected chi connectivity index (χ1v) is 16.8. The summed E-state index contributed by atoms with van der Waals surface area (Å²) in [6.07, 6.45) is 9.15. The number of nitrogens with one attached hydrogen (secondary N) is 1. The van der Waals surface area contributed by atoms with Gasteiger partial charge in [-0.2, -0.15) is 0 Å². The Kier molecular flexibility index (Phi) is 7.55. The van der Waals surface area contributed by atoms with Crippen molar-refractivity contribution in [2.75, 3.05) is 13.2 Å². The van der Waals surface area contributed by atoms with E-state index in [1.807, 2.05) is 6.07 Å². The highest BCUT2D eigenvalue weighted by Gasteiger charge is 2.72. The molecule has 0 aromatic heterocycles. The van der Waals surface area contributed by atoms with Crippen LogP contribution in [0.25, 0.3) is 0 Å². The fourth-order valence-electron chi connectivity index (χ4n) is 12.5. The first-order valence-electron chi connectivity index (χ1n) is 16.8. The summed E-state index contributed by atoms with van der Waals surface area (Å²) < 4.78 is 0. The number of aliphatic hydroxyl groups is 2. The standard InChI is InChI=1S/C37H55NO4/c1-24(21-38-22-25-9-7-6-8-10-25)26-13-18-37(32(41)42)20-19-35(4)27(31(26)37)11-12-29-33(2)16-15-30(40)34(3,23-39)28(33)14-17-36(29,35)5/h6-10,26-31,38-40H,1,11-23H2,2-5H3,(H,41,42)/t26-,27?,28+,29+,30-,31+,33-,34-,35+,36+,37-/m0/s1. The van der Waals surface area contributed by atoms with Gasteiger partial charge in [0.1, 0.15) is 0 Å². The Balaban J connectivity index is 1.29. The zero-order chi connectivity index (χ0) is 30.1. The van der Waals surface area contributed by atoms with Gasteiger partial charge in [0.2, 0.25) is 0 Å². The minimum Gasteiger partial charge on any atom is -0.481 e. The Hall–Kier alpha value is -1.69. The zero-order valence-corrected chi connectivity index (χ0v) is 26.5. The van der Waals surface area contributed by atoms with Gasteiger partial charge in [0.05, 0.1) is 18.1 Å². The predicted molar refractivity (Wildman–Crippen MR) is 166 cm³/mol. The fraction of sp³-hybridized carbons (Fsp3) is 0.757. The normalized spacial score (nSPS) is 48.0. The van der Waals surface area contributed by atoms with Crippen molar-refractivity contribution in [2.24, 2.45) is 56.7 Å². The van der Waals surface area contributed by atoms with E-state index in [9.17, 15) is 20.1 Å². The maximum Gasteiger partial charge on any atom is 0.309 e. The molecule has 1 aromatic rings. The van der Waals surface area contributed by atoms with E-state index in [0.29, 0.717) is 17.8 Å². The molecule has 4 N–H and O–H groups in total. The molecular weight excluding hydrogens is 522 g/mol. The maximum atomic E-state index is 13.1. The van der Waals surface area contributed by atoms with Gasteiger partial charge in [0.25, 0.3) is 0 Å². The summed E-state index contributed by atoms with van der Waals surface area (Å²) in [5.74, 6) is 1.01. The molecule has 6 rings (SSSR count). The average molecular weight is 578 g/mol. The van der Waals surface area contributed by atoms with Crippen molar-refractivity contribution >= 4 is 5.97 Å². The smallest absolute Gasteiger partial charge is 0.309 e. The molecule has 0 spiro atoms. The number of carbonyl (C=O) groups is 1. The molecule has 0 saturated heterocycles. The Morgan fingerprint density at radius 1 is 0.905 bits per heavy atom. The van der Waals surface area contributed by atoms with Crippen LogP contribution in [0.15, 0.2) is 42.5 Å². The second kappa shape index (κ2) is 10.4. The van der Waals surface area contributed by atoms with Crippen LogP contribution in [0.4, 0.5) is 0 Å². The molecule has 1 aromatic carbocycles.